The first-order valence-corrected chi connectivity index (χ1v) is 7.62. The second kappa shape index (κ2) is 7.97. The summed E-state index contributed by atoms with van der Waals surface area (Å²) in [6, 6.07) is 0.349. The molecular weight excluding hydrogens is 270 g/mol. The van der Waals surface area contributed by atoms with E-state index in [1.807, 2.05) is 13.8 Å². The van der Waals surface area contributed by atoms with Crippen LogP contribution >= 0.6 is 0 Å². The van der Waals surface area contributed by atoms with Crippen molar-refractivity contribution >= 4 is 11.9 Å². The minimum Gasteiger partial charge on any atom is -0.461 e. The number of piperidine rings is 1. The molecule has 2 heterocycles. The molecule has 0 unspecified atom stereocenters. The summed E-state index contributed by atoms with van der Waals surface area (Å²) < 4.78 is 11.0. The highest BCUT2D eigenvalue weighted by Gasteiger charge is 2.16. The fourth-order valence-corrected chi connectivity index (χ4v) is 2.17. The average molecular weight is 295 g/mol. The Balaban J connectivity index is 1.99. The van der Waals surface area contributed by atoms with Crippen LogP contribution in [0.5, 0.6) is 6.01 Å². The third kappa shape index (κ3) is 5.00. The van der Waals surface area contributed by atoms with E-state index in [0.717, 1.165) is 13.1 Å². The summed E-state index contributed by atoms with van der Waals surface area (Å²) in [5, 5.41) is 2.96. The van der Waals surface area contributed by atoms with Crippen molar-refractivity contribution in [3.8, 4) is 6.01 Å². The Hall–Kier alpha value is -1.63. The number of nitrogens with zero attached hydrogens (tertiary/aromatic N) is 4. The van der Waals surface area contributed by atoms with Crippen molar-refractivity contribution in [2.75, 3.05) is 43.6 Å². The lowest BCUT2D eigenvalue weighted by Gasteiger charge is -2.26. The van der Waals surface area contributed by atoms with Crippen molar-refractivity contribution in [3.63, 3.8) is 0 Å². The van der Waals surface area contributed by atoms with Crippen LogP contribution in [-0.2, 0) is 4.74 Å². The number of aromatic nitrogens is 3. The van der Waals surface area contributed by atoms with E-state index < -0.39 is 0 Å². The van der Waals surface area contributed by atoms with E-state index in [2.05, 4.69) is 25.2 Å². The SMILES string of the molecule is CNc1nc(OCCOC(C)C)nc(N2CCCCC2)n1. The van der Waals surface area contributed by atoms with Crippen LogP contribution in [0.4, 0.5) is 11.9 Å². The fourth-order valence-electron chi connectivity index (χ4n) is 2.17. The van der Waals surface area contributed by atoms with Crippen molar-refractivity contribution < 1.29 is 9.47 Å². The topological polar surface area (TPSA) is 72.4 Å². The molecule has 118 valence electrons. The van der Waals surface area contributed by atoms with E-state index in [1.54, 1.807) is 7.05 Å². The molecule has 0 bridgehead atoms. The number of nitrogens with one attached hydrogen (secondary N) is 1. The Morgan fingerprint density at radius 1 is 1.10 bits per heavy atom. The molecule has 0 spiro atoms. The summed E-state index contributed by atoms with van der Waals surface area (Å²) in [4.78, 5) is 15.2. The second-order valence-corrected chi connectivity index (χ2v) is 5.31. The maximum Gasteiger partial charge on any atom is 0.323 e. The van der Waals surface area contributed by atoms with Gasteiger partial charge in [-0.15, -0.1) is 0 Å². The minimum absolute atomic E-state index is 0.198. The molecule has 7 heteroatoms. The molecule has 0 radical (unpaired) electrons. The van der Waals surface area contributed by atoms with E-state index >= 15 is 0 Å². The molecule has 7 nitrogen and oxygen atoms in total. The standard InChI is InChI=1S/C14H25N5O2/c1-11(2)20-9-10-21-14-17-12(15-3)16-13(18-14)19-7-5-4-6-8-19/h11H,4-10H2,1-3H3,(H,15,16,17,18). The Bertz CT molecular complexity index is 435. The van der Waals surface area contributed by atoms with Gasteiger partial charge in [-0.3, -0.25) is 0 Å². The van der Waals surface area contributed by atoms with E-state index in [4.69, 9.17) is 9.47 Å². The van der Waals surface area contributed by atoms with Gasteiger partial charge in [0.05, 0.1) is 12.7 Å². The molecule has 0 aliphatic carbocycles. The number of rotatable bonds is 7. The molecule has 0 atom stereocenters. The van der Waals surface area contributed by atoms with Gasteiger partial charge in [0.15, 0.2) is 0 Å². The lowest BCUT2D eigenvalue weighted by atomic mass is 10.1. The van der Waals surface area contributed by atoms with Gasteiger partial charge in [0.1, 0.15) is 6.61 Å². The van der Waals surface area contributed by atoms with Gasteiger partial charge >= 0.3 is 6.01 Å². The molecule has 2 rings (SSSR count). The summed E-state index contributed by atoms with van der Waals surface area (Å²) >= 11 is 0. The van der Waals surface area contributed by atoms with Crippen LogP contribution < -0.4 is 15.0 Å². The van der Waals surface area contributed by atoms with Crippen LogP contribution in [-0.4, -0.2) is 54.4 Å². The molecule has 1 fully saturated rings. The van der Waals surface area contributed by atoms with Crippen molar-refractivity contribution in [2.24, 2.45) is 0 Å². The van der Waals surface area contributed by atoms with Gasteiger partial charge in [0, 0.05) is 20.1 Å². The van der Waals surface area contributed by atoms with Gasteiger partial charge in [-0.2, -0.15) is 15.0 Å². The maximum absolute atomic E-state index is 5.58. The maximum atomic E-state index is 5.58. The number of hydrogen-bond donors (Lipinski definition) is 1. The number of hydrogen-bond acceptors (Lipinski definition) is 7. The molecule has 0 saturated carbocycles. The zero-order valence-corrected chi connectivity index (χ0v) is 13.1. The normalized spacial score (nSPS) is 15.3. The van der Waals surface area contributed by atoms with Gasteiger partial charge in [0.2, 0.25) is 11.9 Å². The van der Waals surface area contributed by atoms with Crippen LogP contribution in [0.25, 0.3) is 0 Å². The van der Waals surface area contributed by atoms with Crippen LogP contribution in [0.15, 0.2) is 0 Å². The molecular formula is C14H25N5O2. The van der Waals surface area contributed by atoms with E-state index in [-0.39, 0.29) is 6.10 Å². The van der Waals surface area contributed by atoms with Crippen molar-refractivity contribution in [1.82, 2.24) is 15.0 Å². The average Bonchev–Trinajstić information content (AvgIpc) is 2.52. The van der Waals surface area contributed by atoms with Gasteiger partial charge in [-0.1, -0.05) is 0 Å². The molecule has 0 amide bonds. The fraction of sp³-hybridized carbons (Fsp3) is 0.786. The molecule has 21 heavy (non-hydrogen) atoms. The molecule has 1 N–H and O–H groups in total. The smallest absolute Gasteiger partial charge is 0.323 e. The van der Waals surface area contributed by atoms with Crippen LogP contribution in [0.2, 0.25) is 0 Å². The molecule has 1 aromatic rings. The van der Waals surface area contributed by atoms with Crippen LogP contribution in [0.1, 0.15) is 33.1 Å². The monoisotopic (exact) mass is 295 g/mol. The van der Waals surface area contributed by atoms with Crippen molar-refractivity contribution in [1.29, 1.82) is 0 Å². The highest BCUT2D eigenvalue weighted by molar-refractivity contribution is 5.38. The Kier molecular flexibility index (Phi) is 5.98. The predicted molar refractivity (Wildman–Crippen MR) is 82.0 cm³/mol. The zero-order chi connectivity index (χ0) is 15.1. The predicted octanol–water partition coefficient (Wildman–Crippen LogP) is 1.71. The quantitative estimate of drug-likeness (QED) is 0.768. The van der Waals surface area contributed by atoms with Crippen molar-refractivity contribution in [2.45, 2.75) is 39.2 Å². The van der Waals surface area contributed by atoms with Gasteiger partial charge in [-0.05, 0) is 33.1 Å². The Morgan fingerprint density at radius 2 is 1.86 bits per heavy atom. The summed E-state index contributed by atoms with van der Waals surface area (Å²) in [7, 11) is 1.79. The van der Waals surface area contributed by atoms with E-state index in [0.29, 0.717) is 31.1 Å². The first-order chi connectivity index (χ1) is 10.2. The van der Waals surface area contributed by atoms with Crippen LogP contribution in [0, 0.1) is 0 Å². The third-order valence-corrected chi connectivity index (χ3v) is 3.23. The first-order valence-electron chi connectivity index (χ1n) is 7.62. The van der Waals surface area contributed by atoms with E-state index in [9.17, 15) is 0 Å². The zero-order valence-electron chi connectivity index (χ0n) is 13.1. The first kappa shape index (κ1) is 15.8. The number of anilines is 2. The van der Waals surface area contributed by atoms with Gasteiger partial charge in [0.25, 0.3) is 0 Å². The van der Waals surface area contributed by atoms with Gasteiger partial charge in [-0.25, -0.2) is 0 Å². The van der Waals surface area contributed by atoms with E-state index in [1.165, 1.54) is 19.3 Å². The summed E-state index contributed by atoms with van der Waals surface area (Å²) in [5.74, 6) is 1.22. The summed E-state index contributed by atoms with van der Waals surface area (Å²) in [6.45, 7) is 6.93. The highest BCUT2D eigenvalue weighted by Crippen LogP contribution is 2.19. The largest absolute Gasteiger partial charge is 0.461 e. The van der Waals surface area contributed by atoms with Gasteiger partial charge < -0.3 is 19.7 Å². The number of ether oxygens (including phenoxy) is 2. The summed E-state index contributed by atoms with van der Waals surface area (Å²) in [6.07, 6.45) is 3.83. The Morgan fingerprint density at radius 3 is 2.52 bits per heavy atom. The molecule has 1 aromatic heterocycles. The highest BCUT2D eigenvalue weighted by atomic mass is 16.5. The third-order valence-electron chi connectivity index (χ3n) is 3.23. The molecule has 1 saturated heterocycles. The molecule has 0 aromatic carbocycles. The Labute approximate surface area is 126 Å². The molecule has 1 aliphatic heterocycles. The second-order valence-electron chi connectivity index (χ2n) is 5.31. The lowest BCUT2D eigenvalue weighted by Crippen LogP contribution is -2.31. The van der Waals surface area contributed by atoms with Crippen LogP contribution in [0.3, 0.4) is 0 Å². The summed E-state index contributed by atoms with van der Waals surface area (Å²) in [5.41, 5.74) is 0. The van der Waals surface area contributed by atoms with Crippen molar-refractivity contribution in [3.05, 3.63) is 0 Å². The molecule has 1 aliphatic rings. The lowest BCUT2D eigenvalue weighted by molar-refractivity contribution is 0.0531. The minimum atomic E-state index is 0.198.